The van der Waals surface area contributed by atoms with E-state index in [1.807, 2.05) is 0 Å². The van der Waals surface area contributed by atoms with Gasteiger partial charge in [0.1, 0.15) is 5.82 Å². The fourth-order valence-corrected chi connectivity index (χ4v) is 2.84. The van der Waals surface area contributed by atoms with E-state index >= 15 is 0 Å². The minimum Gasteiger partial charge on any atom is -0.338 e. The number of aromatic nitrogens is 2. The number of nitrogens with zero attached hydrogens (tertiary/aromatic N) is 3. The number of rotatable bonds is 6. The van der Waals surface area contributed by atoms with Gasteiger partial charge in [0.05, 0.1) is 6.54 Å². The van der Waals surface area contributed by atoms with Gasteiger partial charge >= 0.3 is 0 Å². The Kier molecular flexibility index (Phi) is 6.50. The Hall–Kier alpha value is -1.50. The van der Waals surface area contributed by atoms with Gasteiger partial charge in [0.25, 0.3) is 0 Å². The SMILES string of the molecule is CCCN(Cc1nc(-c2ccc(F)cc2)no1)C1CCNC1.Cl. The van der Waals surface area contributed by atoms with E-state index in [-0.39, 0.29) is 18.2 Å². The summed E-state index contributed by atoms with van der Waals surface area (Å²) in [6, 6.07) is 6.66. The Morgan fingerprint density at radius 1 is 1.35 bits per heavy atom. The molecule has 1 aliphatic rings. The molecule has 7 heteroatoms. The van der Waals surface area contributed by atoms with Crippen molar-refractivity contribution in [1.29, 1.82) is 0 Å². The predicted octanol–water partition coefficient (Wildman–Crippen LogP) is 2.87. The van der Waals surface area contributed by atoms with E-state index < -0.39 is 0 Å². The maximum atomic E-state index is 13.0. The van der Waals surface area contributed by atoms with Crippen LogP contribution in [-0.2, 0) is 6.54 Å². The third-order valence-electron chi connectivity index (χ3n) is 3.97. The van der Waals surface area contributed by atoms with Crippen molar-refractivity contribution >= 4 is 12.4 Å². The van der Waals surface area contributed by atoms with Crippen molar-refractivity contribution in [3.8, 4) is 11.4 Å². The van der Waals surface area contributed by atoms with Gasteiger partial charge in [-0.05, 0) is 50.2 Å². The van der Waals surface area contributed by atoms with E-state index in [0.717, 1.165) is 38.0 Å². The molecule has 0 saturated carbocycles. The molecule has 1 saturated heterocycles. The van der Waals surface area contributed by atoms with Gasteiger partial charge in [0.2, 0.25) is 11.7 Å². The third kappa shape index (κ3) is 4.50. The first kappa shape index (κ1) is 17.8. The highest BCUT2D eigenvalue weighted by atomic mass is 35.5. The van der Waals surface area contributed by atoms with E-state index in [1.54, 1.807) is 12.1 Å². The van der Waals surface area contributed by atoms with Crippen LogP contribution in [0.2, 0.25) is 0 Å². The van der Waals surface area contributed by atoms with Crippen LogP contribution in [0, 0.1) is 5.82 Å². The summed E-state index contributed by atoms with van der Waals surface area (Å²) in [7, 11) is 0. The molecule has 0 amide bonds. The van der Waals surface area contributed by atoms with Crippen molar-refractivity contribution in [3.63, 3.8) is 0 Å². The van der Waals surface area contributed by atoms with Crippen molar-refractivity contribution < 1.29 is 8.91 Å². The summed E-state index contributed by atoms with van der Waals surface area (Å²) in [6.45, 7) is 5.93. The highest BCUT2D eigenvalue weighted by molar-refractivity contribution is 5.85. The Morgan fingerprint density at radius 2 is 2.13 bits per heavy atom. The molecule has 2 heterocycles. The summed E-state index contributed by atoms with van der Waals surface area (Å²) in [4.78, 5) is 6.83. The Bertz CT molecular complexity index is 598. The second-order valence-corrected chi connectivity index (χ2v) is 5.64. The topological polar surface area (TPSA) is 54.2 Å². The molecule has 2 aromatic rings. The number of benzene rings is 1. The first-order valence-electron chi connectivity index (χ1n) is 7.79. The van der Waals surface area contributed by atoms with Crippen LogP contribution < -0.4 is 5.32 Å². The smallest absolute Gasteiger partial charge is 0.241 e. The fourth-order valence-electron chi connectivity index (χ4n) is 2.84. The monoisotopic (exact) mass is 340 g/mol. The number of halogens is 2. The molecule has 126 valence electrons. The molecular formula is C16H22ClFN4O. The van der Waals surface area contributed by atoms with Gasteiger partial charge in [-0.15, -0.1) is 12.4 Å². The van der Waals surface area contributed by atoms with Crippen LogP contribution in [0.15, 0.2) is 28.8 Å². The molecule has 1 aromatic carbocycles. The normalized spacial score (nSPS) is 17.4. The lowest BCUT2D eigenvalue weighted by Gasteiger charge is -2.26. The zero-order valence-corrected chi connectivity index (χ0v) is 14.0. The Balaban J connectivity index is 0.00000192. The van der Waals surface area contributed by atoms with Crippen LogP contribution in [0.3, 0.4) is 0 Å². The number of nitrogens with one attached hydrogen (secondary N) is 1. The van der Waals surface area contributed by atoms with Crippen LogP contribution in [0.5, 0.6) is 0 Å². The minimum absolute atomic E-state index is 0. The average molecular weight is 341 g/mol. The van der Waals surface area contributed by atoms with Crippen molar-refractivity contribution in [3.05, 3.63) is 36.0 Å². The van der Waals surface area contributed by atoms with Gasteiger partial charge in [-0.2, -0.15) is 4.98 Å². The quantitative estimate of drug-likeness (QED) is 0.876. The minimum atomic E-state index is -0.268. The molecule has 0 radical (unpaired) electrons. The largest absolute Gasteiger partial charge is 0.338 e. The summed E-state index contributed by atoms with van der Waals surface area (Å²) in [5.74, 6) is 0.853. The molecule has 5 nitrogen and oxygen atoms in total. The molecular weight excluding hydrogens is 319 g/mol. The summed E-state index contributed by atoms with van der Waals surface area (Å²) in [6.07, 6.45) is 2.24. The van der Waals surface area contributed by atoms with Crippen LogP contribution in [0.4, 0.5) is 4.39 Å². The van der Waals surface area contributed by atoms with Crippen LogP contribution in [-0.4, -0.2) is 40.7 Å². The van der Waals surface area contributed by atoms with Crippen LogP contribution >= 0.6 is 12.4 Å². The third-order valence-corrected chi connectivity index (χ3v) is 3.97. The molecule has 1 unspecified atom stereocenters. The molecule has 23 heavy (non-hydrogen) atoms. The van der Waals surface area contributed by atoms with Crippen LogP contribution in [0.1, 0.15) is 25.7 Å². The Morgan fingerprint density at radius 3 is 2.78 bits per heavy atom. The molecule has 0 bridgehead atoms. The van der Waals surface area contributed by atoms with Crippen molar-refractivity contribution in [2.75, 3.05) is 19.6 Å². The van der Waals surface area contributed by atoms with Crippen molar-refractivity contribution in [2.24, 2.45) is 0 Å². The van der Waals surface area contributed by atoms with E-state index in [4.69, 9.17) is 4.52 Å². The predicted molar refractivity (Wildman–Crippen MR) is 88.9 cm³/mol. The second-order valence-electron chi connectivity index (χ2n) is 5.64. The molecule has 1 atom stereocenters. The number of hydrogen-bond acceptors (Lipinski definition) is 5. The summed E-state index contributed by atoms with van der Waals surface area (Å²) >= 11 is 0. The molecule has 1 fully saturated rings. The highest BCUT2D eigenvalue weighted by Gasteiger charge is 2.23. The summed E-state index contributed by atoms with van der Waals surface area (Å²) in [5, 5.41) is 7.39. The van der Waals surface area contributed by atoms with Gasteiger partial charge in [-0.3, -0.25) is 4.90 Å². The van der Waals surface area contributed by atoms with Gasteiger partial charge in [-0.25, -0.2) is 4.39 Å². The average Bonchev–Trinajstić information content (AvgIpc) is 3.19. The van der Waals surface area contributed by atoms with Gasteiger partial charge < -0.3 is 9.84 Å². The molecule has 1 aliphatic heterocycles. The molecule has 1 aromatic heterocycles. The first-order valence-corrected chi connectivity index (χ1v) is 7.79. The fraction of sp³-hybridized carbons (Fsp3) is 0.500. The van der Waals surface area contributed by atoms with Crippen LogP contribution in [0.25, 0.3) is 11.4 Å². The maximum Gasteiger partial charge on any atom is 0.241 e. The first-order chi connectivity index (χ1) is 10.8. The Labute approximate surface area is 141 Å². The molecule has 3 rings (SSSR count). The van der Waals surface area contributed by atoms with Crippen molar-refractivity contribution in [2.45, 2.75) is 32.4 Å². The summed E-state index contributed by atoms with van der Waals surface area (Å²) < 4.78 is 18.3. The lowest BCUT2D eigenvalue weighted by molar-refractivity contribution is 0.174. The lowest BCUT2D eigenvalue weighted by atomic mass is 10.2. The van der Waals surface area contributed by atoms with Gasteiger partial charge in [0, 0.05) is 18.2 Å². The zero-order chi connectivity index (χ0) is 15.4. The lowest BCUT2D eigenvalue weighted by Crippen LogP contribution is -2.37. The van der Waals surface area contributed by atoms with Crippen molar-refractivity contribution in [1.82, 2.24) is 20.4 Å². The van der Waals surface area contributed by atoms with E-state index in [1.165, 1.54) is 12.1 Å². The van der Waals surface area contributed by atoms with Gasteiger partial charge in [0.15, 0.2) is 0 Å². The van der Waals surface area contributed by atoms with Gasteiger partial charge in [-0.1, -0.05) is 12.1 Å². The standard InChI is InChI=1S/C16H21FN4O.ClH/c1-2-9-21(14-7-8-18-10-14)11-15-19-16(20-22-15)12-3-5-13(17)6-4-12;/h3-6,14,18H,2,7-11H2,1H3;1H. The zero-order valence-electron chi connectivity index (χ0n) is 13.2. The summed E-state index contributed by atoms with van der Waals surface area (Å²) in [5.41, 5.74) is 0.765. The molecule has 0 aliphatic carbocycles. The van der Waals surface area contributed by atoms with E-state index in [0.29, 0.717) is 24.3 Å². The second kappa shape index (κ2) is 8.38. The van der Waals surface area contributed by atoms with E-state index in [9.17, 15) is 4.39 Å². The molecule has 0 spiro atoms. The maximum absolute atomic E-state index is 13.0. The van der Waals surface area contributed by atoms with E-state index in [2.05, 4.69) is 27.3 Å². The number of hydrogen-bond donors (Lipinski definition) is 1. The highest BCUT2D eigenvalue weighted by Crippen LogP contribution is 2.18. The molecule has 1 N–H and O–H groups in total.